The molecule has 0 aromatic heterocycles. The standard InChI is InChI=1S/C21H26FNO3/c1-15-20(24-13-16-8-4-2-5-9-16)19(22)21(18(12-23)26-15)25-14-17-10-6-3-7-11-17/h2-11,15,18-21H,12-14,23H2,1H3/t15-,18+,19+,20-,21+/m0/s1. The Hall–Kier alpha value is -1.79. The third-order valence-electron chi connectivity index (χ3n) is 4.65. The van der Waals surface area contributed by atoms with Crippen LogP contribution in [0.1, 0.15) is 18.1 Å². The first-order chi connectivity index (χ1) is 12.7. The van der Waals surface area contributed by atoms with Gasteiger partial charge in [0, 0.05) is 6.54 Å². The topological polar surface area (TPSA) is 53.7 Å². The highest BCUT2D eigenvalue weighted by molar-refractivity contribution is 5.14. The van der Waals surface area contributed by atoms with Gasteiger partial charge in [-0.3, -0.25) is 0 Å². The molecule has 3 rings (SSSR count). The zero-order valence-corrected chi connectivity index (χ0v) is 15.0. The summed E-state index contributed by atoms with van der Waals surface area (Å²) in [6, 6.07) is 19.4. The molecule has 5 atom stereocenters. The van der Waals surface area contributed by atoms with Crippen LogP contribution in [0.4, 0.5) is 4.39 Å². The van der Waals surface area contributed by atoms with E-state index in [4.69, 9.17) is 19.9 Å². The lowest BCUT2D eigenvalue weighted by molar-refractivity contribution is -0.227. The first-order valence-electron chi connectivity index (χ1n) is 8.99. The molecule has 1 aliphatic rings. The Kier molecular flexibility index (Phi) is 6.74. The van der Waals surface area contributed by atoms with E-state index >= 15 is 4.39 Å². The minimum Gasteiger partial charge on any atom is -0.368 e. The van der Waals surface area contributed by atoms with E-state index in [9.17, 15) is 0 Å². The third-order valence-corrected chi connectivity index (χ3v) is 4.65. The third kappa shape index (κ3) is 4.68. The van der Waals surface area contributed by atoms with E-state index in [1.807, 2.05) is 67.6 Å². The number of hydrogen-bond donors (Lipinski definition) is 1. The first kappa shape index (κ1) is 19.0. The van der Waals surface area contributed by atoms with Crippen LogP contribution in [0.15, 0.2) is 60.7 Å². The van der Waals surface area contributed by atoms with Crippen molar-refractivity contribution in [1.29, 1.82) is 0 Å². The van der Waals surface area contributed by atoms with Crippen molar-refractivity contribution in [2.75, 3.05) is 6.54 Å². The van der Waals surface area contributed by atoms with Gasteiger partial charge >= 0.3 is 0 Å². The second kappa shape index (κ2) is 9.24. The Morgan fingerprint density at radius 2 is 1.38 bits per heavy atom. The minimum absolute atomic E-state index is 0.204. The van der Waals surface area contributed by atoms with E-state index in [2.05, 4.69) is 0 Å². The van der Waals surface area contributed by atoms with Crippen molar-refractivity contribution in [3.63, 3.8) is 0 Å². The highest BCUT2D eigenvalue weighted by Gasteiger charge is 2.45. The SMILES string of the molecule is C[C@@H]1O[C@H](CN)[C@@H](OCc2ccccc2)[C@H](F)[C@H]1OCc1ccccc1. The zero-order valence-electron chi connectivity index (χ0n) is 15.0. The van der Waals surface area contributed by atoms with Crippen LogP contribution in [0.3, 0.4) is 0 Å². The van der Waals surface area contributed by atoms with Crippen molar-refractivity contribution < 1.29 is 18.6 Å². The van der Waals surface area contributed by atoms with Gasteiger partial charge in [0.15, 0.2) is 6.17 Å². The number of alkyl halides is 1. The predicted octanol–water partition coefficient (Wildman–Crippen LogP) is 3.24. The monoisotopic (exact) mass is 359 g/mol. The van der Waals surface area contributed by atoms with E-state index in [-0.39, 0.29) is 12.6 Å². The van der Waals surface area contributed by atoms with E-state index in [0.717, 1.165) is 11.1 Å². The minimum atomic E-state index is -1.31. The van der Waals surface area contributed by atoms with E-state index < -0.39 is 24.5 Å². The predicted molar refractivity (Wildman–Crippen MR) is 98.3 cm³/mol. The number of ether oxygens (including phenoxy) is 3. The number of hydrogen-bond acceptors (Lipinski definition) is 4. The van der Waals surface area contributed by atoms with Crippen LogP contribution in [0.25, 0.3) is 0 Å². The highest BCUT2D eigenvalue weighted by atomic mass is 19.1. The Bertz CT molecular complexity index is 655. The molecular formula is C21H26FNO3. The second-order valence-corrected chi connectivity index (χ2v) is 6.58. The molecule has 0 saturated carbocycles. The molecule has 0 aliphatic carbocycles. The van der Waals surface area contributed by atoms with Crippen molar-refractivity contribution in [2.24, 2.45) is 5.73 Å². The lowest BCUT2D eigenvalue weighted by atomic mass is 9.96. The van der Waals surface area contributed by atoms with Gasteiger partial charge in [-0.05, 0) is 18.1 Å². The van der Waals surface area contributed by atoms with Gasteiger partial charge in [0.2, 0.25) is 0 Å². The van der Waals surface area contributed by atoms with Gasteiger partial charge in [0.1, 0.15) is 12.2 Å². The van der Waals surface area contributed by atoms with Crippen molar-refractivity contribution in [1.82, 2.24) is 0 Å². The van der Waals surface area contributed by atoms with Crippen LogP contribution in [0.5, 0.6) is 0 Å². The van der Waals surface area contributed by atoms with Crippen molar-refractivity contribution in [2.45, 2.75) is 50.7 Å². The Labute approximate surface area is 154 Å². The Morgan fingerprint density at radius 3 is 1.88 bits per heavy atom. The van der Waals surface area contributed by atoms with Gasteiger partial charge in [0.25, 0.3) is 0 Å². The summed E-state index contributed by atoms with van der Waals surface area (Å²) < 4.78 is 32.8. The van der Waals surface area contributed by atoms with Crippen LogP contribution in [0, 0.1) is 0 Å². The maximum Gasteiger partial charge on any atom is 0.157 e. The molecule has 1 saturated heterocycles. The molecule has 5 heteroatoms. The van der Waals surface area contributed by atoms with Gasteiger partial charge in [-0.2, -0.15) is 0 Å². The van der Waals surface area contributed by atoms with Crippen LogP contribution in [-0.2, 0) is 27.4 Å². The molecule has 0 radical (unpaired) electrons. The molecule has 2 aromatic carbocycles. The largest absolute Gasteiger partial charge is 0.368 e. The van der Waals surface area contributed by atoms with Crippen LogP contribution >= 0.6 is 0 Å². The lowest BCUT2D eigenvalue weighted by Crippen LogP contribution is -2.58. The second-order valence-electron chi connectivity index (χ2n) is 6.58. The summed E-state index contributed by atoms with van der Waals surface area (Å²) in [6.45, 7) is 2.66. The van der Waals surface area contributed by atoms with Gasteiger partial charge < -0.3 is 19.9 Å². The maximum absolute atomic E-state index is 15.2. The summed E-state index contributed by atoms with van der Waals surface area (Å²) in [4.78, 5) is 0. The quantitative estimate of drug-likeness (QED) is 0.825. The van der Waals surface area contributed by atoms with Gasteiger partial charge in [-0.25, -0.2) is 4.39 Å². The maximum atomic E-state index is 15.2. The lowest BCUT2D eigenvalue weighted by Gasteiger charge is -2.42. The summed E-state index contributed by atoms with van der Waals surface area (Å²) in [7, 11) is 0. The Balaban J connectivity index is 1.64. The van der Waals surface area contributed by atoms with Crippen molar-refractivity contribution in [3.05, 3.63) is 71.8 Å². The van der Waals surface area contributed by atoms with E-state index in [1.54, 1.807) is 0 Å². The summed E-state index contributed by atoms with van der Waals surface area (Å²) >= 11 is 0. The summed E-state index contributed by atoms with van der Waals surface area (Å²) in [5.41, 5.74) is 7.76. The number of benzene rings is 2. The molecule has 140 valence electrons. The van der Waals surface area contributed by atoms with Crippen LogP contribution in [-0.4, -0.2) is 37.1 Å². The van der Waals surface area contributed by atoms with Crippen molar-refractivity contribution >= 4 is 0 Å². The Morgan fingerprint density at radius 1 is 0.885 bits per heavy atom. The number of halogens is 1. The molecule has 2 N–H and O–H groups in total. The smallest absolute Gasteiger partial charge is 0.157 e. The average Bonchev–Trinajstić information content (AvgIpc) is 2.68. The highest BCUT2D eigenvalue weighted by Crippen LogP contribution is 2.29. The zero-order chi connectivity index (χ0) is 18.4. The summed E-state index contributed by atoms with van der Waals surface area (Å²) in [5, 5.41) is 0. The van der Waals surface area contributed by atoms with E-state index in [0.29, 0.717) is 13.2 Å². The fourth-order valence-electron chi connectivity index (χ4n) is 3.23. The first-order valence-corrected chi connectivity index (χ1v) is 8.99. The van der Waals surface area contributed by atoms with Crippen LogP contribution in [0.2, 0.25) is 0 Å². The summed E-state index contributed by atoms with van der Waals surface area (Å²) in [5.74, 6) is 0. The van der Waals surface area contributed by atoms with Gasteiger partial charge in [-0.15, -0.1) is 0 Å². The fourth-order valence-corrected chi connectivity index (χ4v) is 3.23. The fraction of sp³-hybridized carbons (Fsp3) is 0.429. The van der Waals surface area contributed by atoms with Crippen LogP contribution < -0.4 is 5.73 Å². The number of nitrogens with two attached hydrogens (primary N) is 1. The number of rotatable bonds is 7. The molecule has 1 fully saturated rings. The molecule has 0 unspecified atom stereocenters. The van der Waals surface area contributed by atoms with Gasteiger partial charge in [0.05, 0.1) is 25.4 Å². The normalized spacial score (nSPS) is 28.8. The molecule has 4 nitrogen and oxygen atoms in total. The molecule has 0 amide bonds. The van der Waals surface area contributed by atoms with Gasteiger partial charge in [-0.1, -0.05) is 60.7 Å². The molecule has 2 aromatic rings. The molecule has 1 aliphatic heterocycles. The molecular weight excluding hydrogens is 333 g/mol. The molecule has 0 bridgehead atoms. The van der Waals surface area contributed by atoms with Crippen molar-refractivity contribution in [3.8, 4) is 0 Å². The molecule has 26 heavy (non-hydrogen) atoms. The molecule has 0 spiro atoms. The molecule has 1 heterocycles. The summed E-state index contributed by atoms with van der Waals surface area (Å²) in [6.07, 6.45) is -3.63. The van der Waals surface area contributed by atoms with E-state index in [1.165, 1.54) is 0 Å². The average molecular weight is 359 g/mol.